The lowest BCUT2D eigenvalue weighted by Gasteiger charge is -2.38. The Morgan fingerprint density at radius 2 is 1.92 bits per heavy atom. The van der Waals surface area contributed by atoms with Crippen LogP contribution >= 0.6 is 0 Å². The minimum atomic E-state index is -0.292. The molecule has 0 spiro atoms. The first-order valence-corrected chi connectivity index (χ1v) is 8.81. The van der Waals surface area contributed by atoms with Crippen molar-refractivity contribution in [2.75, 3.05) is 12.4 Å². The summed E-state index contributed by atoms with van der Waals surface area (Å²) >= 11 is 0. The molecule has 0 saturated heterocycles. The summed E-state index contributed by atoms with van der Waals surface area (Å²) in [6, 6.07) is 12.6. The largest absolute Gasteiger partial charge is 0.465 e. The van der Waals surface area contributed by atoms with Gasteiger partial charge in [-0.2, -0.15) is 0 Å². The second-order valence-corrected chi connectivity index (χ2v) is 7.13. The first kappa shape index (κ1) is 15.9. The van der Waals surface area contributed by atoms with E-state index >= 15 is 0 Å². The molecule has 0 radical (unpaired) electrons. The molecule has 2 aromatic rings. The predicted octanol–water partition coefficient (Wildman–Crippen LogP) is 4.92. The molecule has 4 rings (SSSR count). The van der Waals surface area contributed by atoms with Crippen LogP contribution in [0, 0.1) is 19.8 Å². The molecule has 1 aliphatic heterocycles. The van der Waals surface area contributed by atoms with E-state index < -0.39 is 0 Å². The van der Waals surface area contributed by atoms with Gasteiger partial charge in [0.05, 0.1) is 18.7 Å². The van der Waals surface area contributed by atoms with Crippen molar-refractivity contribution in [2.24, 2.45) is 5.92 Å². The summed E-state index contributed by atoms with van der Waals surface area (Å²) in [5.74, 6) is 0.681. The molecule has 3 nitrogen and oxygen atoms in total. The van der Waals surface area contributed by atoms with Gasteiger partial charge >= 0.3 is 5.97 Å². The van der Waals surface area contributed by atoms with E-state index in [0.717, 1.165) is 6.42 Å². The molecule has 0 aromatic heterocycles. The maximum Gasteiger partial charge on any atom is 0.337 e. The highest BCUT2D eigenvalue weighted by Crippen LogP contribution is 2.50. The van der Waals surface area contributed by atoms with Crippen LogP contribution in [0.4, 0.5) is 5.69 Å². The molecule has 1 N–H and O–H groups in total. The van der Waals surface area contributed by atoms with E-state index in [9.17, 15) is 4.79 Å². The Kier molecular flexibility index (Phi) is 3.87. The minimum Gasteiger partial charge on any atom is -0.465 e. The van der Waals surface area contributed by atoms with Crippen LogP contribution in [0.1, 0.15) is 51.0 Å². The zero-order valence-corrected chi connectivity index (χ0v) is 14.9. The van der Waals surface area contributed by atoms with Gasteiger partial charge in [-0.1, -0.05) is 30.4 Å². The summed E-state index contributed by atoms with van der Waals surface area (Å²) in [7, 11) is 1.41. The maximum atomic E-state index is 11.7. The highest BCUT2D eigenvalue weighted by atomic mass is 16.5. The van der Waals surface area contributed by atoms with Gasteiger partial charge in [0.2, 0.25) is 0 Å². The molecule has 2 aliphatic rings. The fraction of sp³-hybridized carbons (Fsp3) is 0.318. The van der Waals surface area contributed by atoms with Gasteiger partial charge in [-0.05, 0) is 66.6 Å². The van der Waals surface area contributed by atoms with Crippen LogP contribution in [0.2, 0.25) is 0 Å². The molecule has 0 fully saturated rings. The second-order valence-electron chi connectivity index (χ2n) is 7.13. The number of fused-ring (bicyclic) bond motifs is 3. The number of allylic oxidation sites excluding steroid dienone is 2. The summed E-state index contributed by atoms with van der Waals surface area (Å²) < 4.78 is 4.80. The number of aryl methyl sites for hydroxylation is 2. The zero-order chi connectivity index (χ0) is 17.6. The summed E-state index contributed by atoms with van der Waals surface area (Å²) in [6.07, 6.45) is 5.75. The number of hydrogen-bond donors (Lipinski definition) is 1. The van der Waals surface area contributed by atoms with Crippen molar-refractivity contribution in [3.05, 3.63) is 76.4 Å². The van der Waals surface area contributed by atoms with Gasteiger partial charge in [0, 0.05) is 11.6 Å². The van der Waals surface area contributed by atoms with Crippen molar-refractivity contribution in [1.29, 1.82) is 0 Å². The Labute approximate surface area is 148 Å². The van der Waals surface area contributed by atoms with Crippen molar-refractivity contribution in [2.45, 2.75) is 32.2 Å². The first-order valence-electron chi connectivity index (χ1n) is 8.81. The zero-order valence-electron chi connectivity index (χ0n) is 14.9. The second kappa shape index (κ2) is 6.07. The lowest BCUT2D eigenvalue weighted by Crippen LogP contribution is -2.29. The van der Waals surface area contributed by atoms with Crippen LogP contribution < -0.4 is 5.32 Å². The quantitative estimate of drug-likeness (QED) is 0.626. The number of carbonyl (C=O) groups is 1. The minimum absolute atomic E-state index is 0.250. The number of hydrogen-bond acceptors (Lipinski definition) is 3. The number of anilines is 1. The summed E-state index contributed by atoms with van der Waals surface area (Å²) in [5, 5.41) is 3.77. The van der Waals surface area contributed by atoms with Crippen LogP contribution in [0.3, 0.4) is 0 Å². The van der Waals surface area contributed by atoms with Crippen molar-refractivity contribution >= 4 is 11.7 Å². The Balaban J connectivity index is 1.73. The molecule has 3 atom stereocenters. The molecular formula is C22H23NO2. The van der Waals surface area contributed by atoms with Crippen LogP contribution in [0.5, 0.6) is 0 Å². The fourth-order valence-corrected chi connectivity index (χ4v) is 4.42. The summed E-state index contributed by atoms with van der Waals surface area (Å²) in [6.45, 7) is 4.36. The Hall–Kier alpha value is -2.55. The van der Waals surface area contributed by atoms with Crippen LogP contribution in [0.25, 0.3) is 0 Å². The first-order chi connectivity index (χ1) is 12.1. The van der Waals surface area contributed by atoms with E-state index in [0.29, 0.717) is 17.4 Å². The van der Waals surface area contributed by atoms with Crippen molar-refractivity contribution in [3.63, 3.8) is 0 Å². The van der Waals surface area contributed by atoms with E-state index in [2.05, 4.69) is 43.4 Å². The van der Waals surface area contributed by atoms with Crippen molar-refractivity contribution in [3.8, 4) is 0 Å². The number of ether oxygens (including phenoxy) is 1. The molecule has 2 aromatic carbocycles. The average molecular weight is 333 g/mol. The number of nitrogens with one attached hydrogen (secondary N) is 1. The van der Waals surface area contributed by atoms with Crippen molar-refractivity contribution < 1.29 is 9.53 Å². The van der Waals surface area contributed by atoms with Crippen LogP contribution in [-0.2, 0) is 4.74 Å². The molecular weight excluding hydrogens is 310 g/mol. The third kappa shape index (κ3) is 2.64. The molecule has 0 amide bonds. The topological polar surface area (TPSA) is 38.3 Å². The smallest absolute Gasteiger partial charge is 0.337 e. The van der Waals surface area contributed by atoms with E-state index in [1.165, 1.54) is 35.1 Å². The van der Waals surface area contributed by atoms with Gasteiger partial charge < -0.3 is 10.1 Å². The van der Waals surface area contributed by atoms with Gasteiger partial charge in [-0.3, -0.25) is 0 Å². The van der Waals surface area contributed by atoms with Crippen LogP contribution in [0.15, 0.2) is 48.6 Å². The lowest BCUT2D eigenvalue weighted by molar-refractivity contribution is 0.0600. The standard InChI is InChI=1S/C22H23NO2/c1-13-11-14(2)20-17-5-4-6-18(17)21(23-19(20)12-13)15-7-9-16(10-8-15)22(24)25-3/h4-5,7-12,17-18,21,23H,6H2,1-3H3/t17-,18+,21-/m0/s1. The van der Waals surface area contributed by atoms with E-state index in [-0.39, 0.29) is 12.0 Å². The lowest BCUT2D eigenvalue weighted by atomic mass is 9.75. The average Bonchev–Trinajstić information content (AvgIpc) is 3.09. The van der Waals surface area contributed by atoms with Gasteiger partial charge in [0.15, 0.2) is 0 Å². The molecule has 25 heavy (non-hydrogen) atoms. The molecule has 128 valence electrons. The maximum absolute atomic E-state index is 11.7. The molecule has 1 aliphatic carbocycles. The van der Waals surface area contributed by atoms with E-state index in [1.807, 2.05) is 24.3 Å². The van der Waals surface area contributed by atoms with E-state index in [1.54, 1.807) is 0 Å². The Morgan fingerprint density at radius 1 is 1.16 bits per heavy atom. The summed E-state index contributed by atoms with van der Waals surface area (Å²) in [4.78, 5) is 11.7. The number of rotatable bonds is 2. The molecule has 0 saturated carbocycles. The SMILES string of the molecule is COC(=O)c1ccc([C@@H]2Nc3cc(C)cc(C)c3[C@H]3C=CC[C@H]32)cc1. The number of methoxy groups -OCH3 is 1. The number of benzene rings is 2. The fourth-order valence-electron chi connectivity index (χ4n) is 4.42. The third-order valence-corrected chi connectivity index (χ3v) is 5.51. The predicted molar refractivity (Wildman–Crippen MR) is 100 cm³/mol. The van der Waals surface area contributed by atoms with Crippen LogP contribution in [-0.4, -0.2) is 13.1 Å². The van der Waals surface area contributed by atoms with E-state index in [4.69, 9.17) is 4.74 Å². The highest BCUT2D eigenvalue weighted by Gasteiger charge is 2.38. The Morgan fingerprint density at radius 3 is 2.64 bits per heavy atom. The van der Waals surface area contributed by atoms with Gasteiger partial charge in [-0.15, -0.1) is 0 Å². The molecule has 0 unspecified atom stereocenters. The molecule has 0 bridgehead atoms. The van der Waals surface area contributed by atoms with Gasteiger partial charge in [-0.25, -0.2) is 4.79 Å². The van der Waals surface area contributed by atoms with Crippen molar-refractivity contribution in [1.82, 2.24) is 0 Å². The summed E-state index contributed by atoms with van der Waals surface area (Å²) in [5.41, 5.74) is 7.14. The van der Waals surface area contributed by atoms with Gasteiger partial charge in [0.1, 0.15) is 0 Å². The molecule has 3 heteroatoms. The number of carbonyl (C=O) groups excluding carboxylic acids is 1. The highest BCUT2D eigenvalue weighted by molar-refractivity contribution is 5.89. The monoisotopic (exact) mass is 333 g/mol. The third-order valence-electron chi connectivity index (χ3n) is 5.51. The molecule has 1 heterocycles. The Bertz CT molecular complexity index is 851. The number of esters is 1. The normalized spacial score (nSPS) is 23.6. The van der Waals surface area contributed by atoms with Gasteiger partial charge in [0.25, 0.3) is 0 Å².